The summed E-state index contributed by atoms with van der Waals surface area (Å²) < 4.78 is 0. The molecule has 0 aliphatic carbocycles. The Morgan fingerprint density at radius 2 is 2.29 bits per heavy atom. The summed E-state index contributed by atoms with van der Waals surface area (Å²) in [5.74, 6) is -1.01. The summed E-state index contributed by atoms with van der Waals surface area (Å²) in [6.45, 7) is 0.638. The van der Waals surface area contributed by atoms with Crippen molar-refractivity contribution in [3.05, 3.63) is 41.3 Å². The molecule has 5 nitrogen and oxygen atoms in total. The molecule has 0 unspecified atom stereocenters. The van der Waals surface area contributed by atoms with Crippen LogP contribution in [0.5, 0.6) is 0 Å². The molecule has 0 aromatic carbocycles. The number of nitrogens with one attached hydrogen (secondary N) is 1. The van der Waals surface area contributed by atoms with Crippen LogP contribution in [-0.4, -0.2) is 27.6 Å². The van der Waals surface area contributed by atoms with Gasteiger partial charge in [0.05, 0.1) is 5.51 Å². The highest BCUT2D eigenvalue weighted by atomic mass is 32.1. The Kier molecular flexibility index (Phi) is 3.66. The predicted molar refractivity (Wildman–Crippen MR) is 65.5 cm³/mol. The van der Waals surface area contributed by atoms with E-state index in [1.54, 1.807) is 6.20 Å². The normalized spacial score (nSPS) is 10.1. The lowest BCUT2D eigenvalue weighted by molar-refractivity contribution is 0.0692. The number of aromatic nitrogens is 2. The molecule has 0 saturated heterocycles. The van der Waals surface area contributed by atoms with Gasteiger partial charge in [0.15, 0.2) is 5.69 Å². The van der Waals surface area contributed by atoms with Crippen LogP contribution in [-0.2, 0) is 6.42 Å². The highest BCUT2D eigenvalue weighted by Gasteiger charge is 2.12. The van der Waals surface area contributed by atoms with Crippen LogP contribution in [0.25, 0.3) is 0 Å². The van der Waals surface area contributed by atoms with Crippen molar-refractivity contribution in [3.63, 3.8) is 0 Å². The Balaban J connectivity index is 1.90. The van der Waals surface area contributed by atoms with Gasteiger partial charge in [-0.1, -0.05) is 6.07 Å². The van der Waals surface area contributed by atoms with E-state index < -0.39 is 5.97 Å². The maximum atomic E-state index is 10.8. The van der Waals surface area contributed by atoms with E-state index in [0.29, 0.717) is 11.5 Å². The molecule has 0 atom stereocenters. The molecule has 2 aromatic heterocycles. The molecular formula is C11H11N3O2S. The van der Waals surface area contributed by atoms with E-state index in [4.69, 9.17) is 5.11 Å². The monoisotopic (exact) mass is 249 g/mol. The third-order valence-electron chi connectivity index (χ3n) is 2.16. The Hall–Kier alpha value is -1.95. The third-order valence-corrected chi connectivity index (χ3v) is 2.95. The molecule has 0 fully saturated rings. The second kappa shape index (κ2) is 5.40. The van der Waals surface area contributed by atoms with Crippen molar-refractivity contribution in [2.75, 3.05) is 11.9 Å². The van der Waals surface area contributed by atoms with Gasteiger partial charge in [0, 0.05) is 24.9 Å². The van der Waals surface area contributed by atoms with Gasteiger partial charge < -0.3 is 10.4 Å². The summed E-state index contributed by atoms with van der Waals surface area (Å²) in [6, 6.07) is 5.73. The molecule has 2 heterocycles. The number of hydrogen-bond acceptors (Lipinski definition) is 5. The van der Waals surface area contributed by atoms with Crippen molar-refractivity contribution in [3.8, 4) is 0 Å². The molecule has 2 rings (SSSR count). The molecule has 0 amide bonds. The first-order chi connectivity index (χ1) is 8.27. The van der Waals surface area contributed by atoms with Crippen LogP contribution in [0.15, 0.2) is 29.9 Å². The molecule has 0 saturated carbocycles. The van der Waals surface area contributed by atoms with Crippen molar-refractivity contribution in [1.82, 2.24) is 9.97 Å². The van der Waals surface area contributed by atoms with Gasteiger partial charge in [0.2, 0.25) is 0 Å². The van der Waals surface area contributed by atoms with Crippen molar-refractivity contribution < 1.29 is 9.90 Å². The largest absolute Gasteiger partial charge is 0.476 e. The second-order valence-corrected chi connectivity index (χ2v) is 4.19. The molecule has 0 aliphatic heterocycles. The Bertz CT molecular complexity index is 498. The van der Waals surface area contributed by atoms with E-state index >= 15 is 0 Å². The molecule has 0 spiro atoms. The van der Waals surface area contributed by atoms with Crippen LogP contribution in [0.2, 0.25) is 0 Å². The molecule has 2 N–H and O–H groups in total. The Labute approximate surface area is 102 Å². The number of carbonyl (C=O) groups is 1. The van der Waals surface area contributed by atoms with E-state index in [1.165, 1.54) is 16.8 Å². The van der Waals surface area contributed by atoms with E-state index in [-0.39, 0.29) is 5.69 Å². The molecule has 88 valence electrons. The zero-order valence-corrected chi connectivity index (χ0v) is 9.78. The van der Waals surface area contributed by atoms with Gasteiger partial charge in [-0.05, 0) is 12.1 Å². The van der Waals surface area contributed by atoms with Crippen molar-refractivity contribution in [1.29, 1.82) is 0 Å². The van der Waals surface area contributed by atoms with Gasteiger partial charge in [0.1, 0.15) is 5.00 Å². The van der Waals surface area contributed by atoms with Crippen LogP contribution < -0.4 is 5.32 Å². The number of rotatable bonds is 5. The maximum absolute atomic E-state index is 10.8. The fourth-order valence-electron chi connectivity index (χ4n) is 1.37. The van der Waals surface area contributed by atoms with Gasteiger partial charge in [-0.2, -0.15) is 0 Å². The topological polar surface area (TPSA) is 75.1 Å². The second-order valence-electron chi connectivity index (χ2n) is 3.33. The summed E-state index contributed by atoms with van der Waals surface area (Å²) in [6.07, 6.45) is 2.49. The lowest BCUT2D eigenvalue weighted by Gasteiger charge is -2.03. The summed E-state index contributed by atoms with van der Waals surface area (Å²) in [4.78, 5) is 18.8. The zero-order chi connectivity index (χ0) is 12.1. The number of nitrogens with zero attached hydrogens (tertiary/aromatic N) is 2. The van der Waals surface area contributed by atoms with E-state index in [2.05, 4.69) is 15.3 Å². The number of carboxylic acid groups (broad SMARTS) is 1. The third kappa shape index (κ3) is 3.01. The van der Waals surface area contributed by atoms with Crippen molar-refractivity contribution >= 4 is 22.3 Å². The van der Waals surface area contributed by atoms with Crippen molar-refractivity contribution in [2.45, 2.75) is 6.42 Å². The first kappa shape index (κ1) is 11.5. The molecule has 2 aromatic rings. The summed E-state index contributed by atoms with van der Waals surface area (Å²) in [5.41, 5.74) is 2.57. The van der Waals surface area contributed by atoms with E-state index in [9.17, 15) is 4.79 Å². The number of carboxylic acids is 1. The average Bonchev–Trinajstić information content (AvgIpc) is 2.79. The van der Waals surface area contributed by atoms with Gasteiger partial charge >= 0.3 is 5.97 Å². The van der Waals surface area contributed by atoms with E-state index in [0.717, 1.165) is 12.1 Å². The lowest BCUT2D eigenvalue weighted by atomic mass is 10.3. The average molecular weight is 249 g/mol. The van der Waals surface area contributed by atoms with Gasteiger partial charge in [-0.25, -0.2) is 9.78 Å². The van der Waals surface area contributed by atoms with Crippen LogP contribution in [0, 0.1) is 0 Å². The quantitative estimate of drug-likeness (QED) is 0.846. The summed E-state index contributed by atoms with van der Waals surface area (Å²) in [5, 5.41) is 12.5. The van der Waals surface area contributed by atoms with E-state index in [1.807, 2.05) is 18.2 Å². The van der Waals surface area contributed by atoms with Gasteiger partial charge in [-0.15, -0.1) is 11.3 Å². The Morgan fingerprint density at radius 3 is 3.00 bits per heavy atom. The Morgan fingerprint density at radius 1 is 1.41 bits per heavy atom. The van der Waals surface area contributed by atoms with Crippen LogP contribution in [0.3, 0.4) is 0 Å². The number of thiazole rings is 1. The number of anilines is 1. The first-order valence-electron chi connectivity index (χ1n) is 5.08. The minimum Gasteiger partial charge on any atom is -0.476 e. The number of aromatic carboxylic acids is 1. The molecule has 6 heteroatoms. The molecular weight excluding hydrogens is 238 g/mol. The molecule has 0 aliphatic rings. The fraction of sp³-hybridized carbons (Fsp3) is 0.182. The zero-order valence-electron chi connectivity index (χ0n) is 8.96. The van der Waals surface area contributed by atoms with Crippen molar-refractivity contribution in [2.24, 2.45) is 0 Å². The predicted octanol–water partition coefficient (Wildman–Crippen LogP) is 1.89. The molecule has 0 bridgehead atoms. The molecule has 0 radical (unpaired) electrons. The first-order valence-corrected chi connectivity index (χ1v) is 5.96. The standard InChI is InChI=1S/C11H11N3O2S/c15-11(16)9-10(17-7-14-9)13-6-4-8-3-1-2-5-12-8/h1-3,5,7,13H,4,6H2,(H,15,16). The van der Waals surface area contributed by atoms with Gasteiger partial charge in [-0.3, -0.25) is 4.98 Å². The minimum atomic E-state index is -1.01. The maximum Gasteiger partial charge on any atom is 0.357 e. The lowest BCUT2D eigenvalue weighted by Crippen LogP contribution is -2.08. The smallest absolute Gasteiger partial charge is 0.357 e. The van der Waals surface area contributed by atoms with Gasteiger partial charge in [0.25, 0.3) is 0 Å². The summed E-state index contributed by atoms with van der Waals surface area (Å²) >= 11 is 1.29. The molecule has 17 heavy (non-hydrogen) atoms. The highest BCUT2D eigenvalue weighted by Crippen LogP contribution is 2.19. The van der Waals surface area contributed by atoms with Crippen LogP contribution in [0.4, 0.5) is 5.00 Å². The highest BCUT2D eigenvalue weighted by molar-refractivity contribution is 7.14. The van der Waals surface area contributed by atoms with Crippen LogP contribution in [0.1, 0.15) is 16.2 Å². The summed E-state index contributed by atoms with van der Waals surface area (Å²) in [7, 11) is 0. The fourth-order valence-corrected chi connectivity index (χ4v) is 2.07. The SMILES string of the molecule is O=C(O)c1ncsc1NCCc1ccccn1. The number of hydrogen-bond donors (Lipinski definition) is 2. The van der Waals surface area contributed by atoms with Crippen LogP contribution >= 0.6 is 11.3 Å². The minimum absolute atomic E-state index is 0.0796. The number of pyridine rings is 1.